The van der Waals surface area contributed by atoms with E-state index in [0.29, 0.717) is 17.7 Å². The summed E-state index contributed by atoms with van der Waals surface area (Å²) in [5.74, 6) is -0.574. The van der Waals surface area contributed by atoms with E-state index in [2.05, 4.69) is 10.5 Å². The fourth-order valence-corrected chi connectivity index (χ4v) is 2.15. The van der Waals surface area contributed by atoms with E-state index >= 15 is 0 Å². The second kappa shape index (κ2) is 5.87. The van der Waals surface area contributed by atoms with Crippen molar-refractivity contribution in [1.29, 1.82) is 0 Å². The lowest BCUT2D eigenvalue weighted by Gasteiger charge is -2.13. The number of hydrogen-bond acceptors (Lipinski definition) is 4. The summed E-state index contributed by atoms with van der Waals surface area (Å²) in [6.45, 7) is 0.966. The van der Waals surface area contributed by atoms with Crippen LogP contribution in [0.15, 0.2) is 23.4 Å². The van der Waals surface area contributed by atoms with Crippen LogP contribution in [-0.2, 0) is 11.3 Å². The Labute approximate surface area is 116 Å². The summed E-state index contributed by atoms with van der Waals surface area (Å²) in [4.78, 5) is 13.4. The van der Waals surface area contributed by atoms with Gasteiger partial charge < -0.3 is 21.2 Å². The second-order valence-electron chi connectivity index (χ2n) is 4.77. The number of oxime groups is 1. The highest BCUT2D eigenvalue weighted by atomic mass is 19.1. The highest BCUT2D eigenvalue weighted by molar-refractivity contribution is 5.97. The van der Waals surface area contributed by atoms with Gasteiger partial charge >= 0.3 is 0 Å². The maximum atomic E-state index is 13.9. The minimum atomic E-state index is -0.458. The molecule has 0 saturated carbocycles. The summed E-state index contributed by atoms with van der Waals surface area (Å²) in [7, 11) is 1.75. The van der Waals surface area contributed by atoms with Crippen LogP contribution in [-0.4, -0.2) is 41.5 Å². The van der Waals surface area contributed by atoms with E-state index < -0.39 is 5.82 Å². The minimum absolute atomic E-state index is 0.0266. The Morgan fingerprint density at radius 3 is 2.95 bits per heavy atom. The average Bonchev–Trinajstić information content (AvgIpc) is 2.76. The van der Waals surface area contributed by atoms with Gasteiger partial charge in [-0.15, -0.1) is 0 Å². The number of carbonyl (C=O) groups is 1. The Morgan fingerprint density at radius 2 is 2.40 bits per heavy atom. The molecule has 0 spiro atoms. The van der Waals surface area contributed by atoms with Crippen molar-refractivity contribution >= 4 is 11.7 Å². The molecule has 4 N–H and O–H groups in total. The van der Waals surface area contributed by atoms with Gasteiger partial charge in [0.1, 0.15) is 5.82 Å². The van der Waals surface area contributed by atoms with Crippen LogP contribution in [0.2, 0.25) is 0 Å². The van der Waals surface area contributed by atoms with Gasteiger partial charge in [0.05, 0.1) is 6.04 Å². The molecule has 1 unspecified atom stereocenters. The number of hydrogen-bond donors (Lipinski definition) is 3. The number of nitrogens with one attached hydrogen (secondary N) is 1. The first-order chi connectivity index (χ1) is 9.52. The average molecular weight is 280 g/mol. The Kier molecular flexibility index (Phi) is 4.19. The number of halogens is 1. The summed E-state index contributed by atoms with van der Waals surface area (Å²) in [6, 6.07) is 4.06. The van der Waals surface area contributed by atoms with Crippen molar-refractivity contribution in [2.24, 2.45) is 10.9 Å². The number of nitrogens with two attached hydrogens (primary N) is 1. The van der Waals surface area contributed by atoms with E-state index in [1.165, 1.54) is 6.07 Å². The van der Waals surface area contributed by atoms with Gasteiger partial charge in [-0.05, 0) is 12.5 Å². The molecule has 20 heavy (non-hydrogen) atoms. The molecule has 1 saturated heterocycles. The van der Waals surface area contributed by atoms with Crippen LogP contribution >= 0.6 is 0 Å². The molecule has 1 aliphatic heterocycles. The number of nitrogens with zero attached hydrogens (tertiary/aromatic N) is 2. The second-order valence-corrected chi connectivity index (χ2v) is 4.77. The smallest absolute Gasteiger partial charge is 0.239 e. The number of likely N-dealkylation sites (N-methyl/N-ethyl adjacent to an activating group) is 1. The zero-order chi connectivity index (χ0) is 14.7. The number of benzene rings is 1. The van der Waals surface area contributed by atoms with Crippen LogP contribution in [0.25, 0.3) is 0 Å². The van der Waals surface area contributed by atoms with E-state index in [4.69, 9.17) is 10.9 Å². The summed E-state index contributed by atoms with van der Waals surface area (Å²) in [5, 5.41) is 14.4. The molecule has 0 bridgehead atoms. The topological polar surface area (TPSA) is 90.9 Å². The fraction of sp³-hybridized carbons (Fsp3) is 0.385. The number of amidine groups is 1. The number of rotatable bonds is 4. The van der Waals surface area contributed by atoms with Gasteiger partial charge in [0, 0.05) is 31.3 Å². The van der Waals surface area contributed by atoms with E-state index in [1.54, 1.807) is 24.1 Å². The van der Waals surface area contributed by atoms with E-state index in [1.807, 2.05) is 0 Å². The number of likely N-dealkylation sites (tertiary alicyclic amines) is 1. The predicted molar refractivity (Wildman–Crippen MR) is 71.8 cm³/mol. The molecule has 1 aromatic rings. The molecule has 7 heteroatoms. The van der Waals surface area contributed by atoms with Crippen molar-refractivity contribution in [3.05, 3.63) is 35.1 Å². The van der Waals surface area contributed by atoms with Crippen LogP contribution < -0.4 is 11.1 Å². The quantitative estimate of drug-likeness (QED) is 0.319. The summed E-state index contributed by atoms with van der Waals surface area (Å²) in [6.07, 6.45) is 0.721. The lowest BCUT2D eigenvalue weighted by Crippen LogP contribution is -2.36. The van der Waals surface area contributed by atoms with Crippen LogP contribution in [0, 0.1) is 5.82 Å². The van der Waals surface area contributed by atoms with E-state index in [-0.39, 0.29) is 24.3 Å². The maximum Gasteiger partial charge on any atom is 0.239 e. The summed E-state index contributed by atoms with van der Waals surface area (Å²) >= 11 is 0. The van der Waals surface area contributed by atoms with E-state index in [0.717, 1.165) is 6.42 Å². The molecule has 1 heterocycles. The van der Waals surface area contributed by atoms with Crippen molar-refractivity contribution in [3.63, 3.8) is 0 Å². The van der Waals surface area contributed by atoms with Crippen molar-refractivity contribution in [2.75, 3.05) is 13.6 Å². The highest BCUT2D eigenvalue weighted by Gasteiger charge is 2.28. The first-order valence-corrected chi connectivity index (χ1v) is 6.27. The molecule has 1 aliphatic rings. The van der Waals surface area contributed by atoms with Gasteiger partial charge in [-0.3, -0.25) is 4.79 Å². The van der Waals surface area contributed by atoms with Crippen molar-refractivity contribution < 1.29 is 14.4 Å². The zero-order valence-corrected chi connectivity index (χ0v) is 11.1. The molecule has 2 rings (SSSR count). The largest absolute Gasteiger partial charge is 0.409 e. The Morgan fingerprint density at radius 1 is 1.65 bits per heavy atom. The fourth-order valence-electron chi connectivity index (χ4n) is 2.15. The van der Waals surface area contributed by atoms with Gasteiger partial charge in [0.25, 0.3) is 0 Å². The highest BCUT2D eigenvalue weighted by Crippen LogP contribution is 2.13. The Bertz CT molecular complexity index is 547. The molecule has 1 amide bonds. The molecule has 0 aromatic heterocycles. The third-order valence-electron chi connectivity index (χ3n) is 3.42. The zero-order valence-electron chi connectivity index (χ0n) is 11.1. The number of amides is 1. The van der Waals surface area contributed by atoms with Crippen molar-refractivity contribution in [1.82, 2.24) is 10.2 Å². The van der Waals surface area contributed by atoms with Gasteiger partial charge in [0.15, 0.2) is 5.84 Å². The predicted octanol–water partition coefficient (Wildman–Crippen LogP) is 0.240. The van der Waals surface area contributed by atoms with Crippen molar-refractivity contribution in [2.45, 2.75) is 19.0 Å². The first kappa shape index (κ1) is 14.3. The third kappa shape index (κ3) is 2.88. The minimum Gasteiger partial charge on any atom is -0.409 e. The molecular formula is C13H17FN4O2. The third-order valence-corrected chi connectivity index (χ3v) is 3.42. The molecule has 108 valence electrons. The lowest BCUT2D eigenvalue weighted by atomic mass is 10.1. The normalized spacial score (nSPS) is 19.7. The first-order valence-electron chi connectivity index (χ1n) is 6.27. The summed E-state index contributed by atoms with van der Waals surface area (Å²) in [5.41, 5.74) is 6.13. The number of carbonyl (C=O) groups excluding carboxylic acids is 1. The molecule has 1 aromatic carbocycles. The van der Waals surface area contributed by atoms with Gasteiger partial charge in [-0.25, -0.2) is 4.39 Å². The van der Waals surface area contributed by atoms with Gasteiger partial charge in [0.2, 0.25) is 5.91 Å². The Balaban J connectivity index is 2.02. The monoisotopic (exact) mass is 280 g/mol. The van der Waals surface area contributed by atoms with Crippen LogP contribution in [0.4, 0.5) is 4.39 Å². The molecule has 1 fully saturated rings. The lowest BCUT2D eigenvalue weighted by molar-refractivity contribution is -0.128. The molecule has 0 aliphatic carbocycles. The van der Waals surface area contributed by atoms with Crippen LogP contribution in [0.1, 0.15) is 17.5 Å². The standard InChI is InChI=1S/C13H17FN4O2/c1-18-5-4-11(13(18)19)16-7-9-3-2-8(6-10(9)14)12(15)17-20/h2-3,6,11,16,20H,4-5,7H2,1H3,(H2,15,17). The van der Waals surface area contributed by atoms with Gasteiger partial charge in [-0.2, -0.15) is 0 Å². The van der Waals surface area contributed by atoms with Crippen LogP contribution in [0.5, 0.6) is 0 Å². The van der Waals surface area contributed by atoms with Crippen molar-refractivity contribution in [3.8, 4) is 0 Å². The SMILES string of the molecule is CN1CCC(NCc2ccc(/C(N)=N/O)cc2F)C1=O. The molecule has 1 atom stereocenters. The van der Waals surface area contributed by atoms with E-state index in [9.17, 15) is 9.18 Å². The molecular weight excluding hydrogens is 263 g/mol. The summed E-state index contributed by atoms with van der Waals surface area (Å²) < 4.78 is 13.9. The maximum absolute atomic E-state index is 13.9. The molecule has 6 nitrogen and oxygen atoms in total. The Hall–Kier alpha value is -2.15. The van der Waals surface area contributed by atoms with Crippen LogP contribution in [0.3, 0.4) is 0 Å². The molecule has 0 radical (unpaired) electrons. The van der Waals surface area contributed by atoms with Gasteiger partial charge in [-0.1, -0.05) is 17.3 Å².